The van der Waals surface area contributed by atoms with Crippen molar-refractivity contribution in [1.82, 2.24) is 0 Å². The molecule has 0 spiro atoms. The lowest BCUT2D eigenvalue weighted by atomic mass is 9.88. The molecule has 2 unspecified atom stereocenters. The number of aliphatic hydroxyl groups is 1. The SMILES string of the molecule is COP(=O)(O)OCC(C)(C)C(O)C=O. The molecule has 0 bridgehead atoms. The van der Waals surface area contributed by atoms with Gasteiger partial charge in [0.15, 0.2) is 0 Å². The van der Waals surface area contributed by atoms with Gasteiger partial charge in [0.05, 0.1) is 6.61 Å². The Morgan fingerprint density at radius 2 is 2.07 bits per heavy atom. The van der Waals surface area contributed by atoms with Crippen LogP contribution >= 0.6 is 7.82 Å². The smallest absolute Gasteiger partial charge is 0.385 e. The van der Waals surface area contributed by atoms with Crippen molar-refractivity contribution in [3.05, 3.63) is 0 Å². The van der Waals surface area contributed by atoms with E-state index in [-0.39, 0.29) is 6.61 Å². The maximum atomic E-state index is 10.9. The third-order valence-corrected chi connectivity index (χ3v) is 2.68. The van der Waals surface area contributed by atoms with Crippen LogP contribution in [0.5, 0.6) is 0 Å². The molecular formula is C7H15O6P. The molecule has 0 aliphatic carbocycles. The van der Waals surface area contributed by atoms with Crippen LogP contribution < -0.4 is 0 Å². The number of carbonyl (C=O) groups is 1. The first-order chi connectivity index (χ1) is 6.25. The fraction of sp³-hybridized carbons (Fsp3) is 0.857. The fourth-order valence-corrected chi connectivity index (χ4v) is 1.17. The molecule has 0 saturated carbocycles. The molecule has 0 amide bonds. The molecular weight excluding hydrogens is 211 g/mol. The van der Waals surface area contributed by atoms with E-state index in [4.69, 9.17) is 4.89 Å². The second-order valence-electron chi connectivity index (χ2n) is 3.49. The summed E-state index contributed by atoms with van der Waals surface area (Å²) in [6.45, 7) is 2.80. The molecule has 0 aliphatic rings. The van der Waals surface area contributed by atoms with Gasteiger partial charge in [-0.2, -0.15) is 0 Å². The first-order valence-electron chi connectivity index (χ1n) is 3.91. The predicted octanol–water partition coefficient (Wildman–Crippen LogP) is 0.336. The van der Waals surface area contributed by atoms with Crippen LogP contribution in [0, 0.1) is 5.41 Å². The highest BCUT2D eigenvalue weighted by Crippen LogP contribution is 2.43. The van der Waals surface area contributed by atoms with Crippen LogP contribution in [-0.2, 0) is 18.4 Å². The number of aldehydes is 1. The van der Waals surface area contributed by atoms with Crippen molar-refractivity contribution in [2.75, 3.05) is 13.7 Å². The summed E-state index contributed by atoms with van der Waals surface area (Å²) >= 11 is 0. The van der Waals surface area contributed by atoms with E-state index in [2.05, 4.69) is 9.05 Å². The van der Waals surface area contributed by atoms with Gasteiger partial charge >= 0.3 is 7.82 Å². The van der Waals surface area contributed by atoms with Crippen LogP contribution in [0.1, 0.15) is 13.8 Å². The Morgan fingerprint density at radius 3 is 2.43 bits per heavy atom. The highest BCUT2D eigenvalue weighted by Gasteiger charge is 2.31. The monoisotopic (exact) mass is 226 g/mol. The molecule has 0 aromatic heterocycles. The lowest BCUT2D eigenvalue weighted by Gasteiger charge is -2.26. The zero-order valence-corrected chi connectivity index (χ0v) is 9.23. The van der Waals surface area contributed by atoms with Gasteiger partial charge in [-0.25, -0.2) is 4.57 Å². The minimum absolute atomic E-state index is 0.255. The zero-order chi connectivity index (χ0) is 11.4. The van der Waals surface area contributed by atoms with E-state index in [1.807, 2.05) is 0 Å². The predicted molar refractivity (Wildman–Crippen MR) is 48.6 cm³/mol. The largest absolute Gasteiger partial charge is 0.471 e. The van der Waals surface area contributed by atoms with E-state index in [0.29, 0.717) is 6.29 Å². The van der Waals surface area contributed by atoms with Gasteiger partial charge in [-0.05, 0) is 0 Å². The lowest BCUT2D eigenvalue weighted by Crippen LogP contribution is -2.34. The first kappa shape index (κ1) is 13.7. The molecule has 0 saturated heterocycles. The van der Waals surface area contributed by atoms with Gasteiger partial charge in [-0.15, -0.1) is 0 Å². The number of carbonyl (C=O) groups excluding carboxylic acids is 1. The van der Waals surface area contributed by atoms with Gasteiger partial charge in [0.25, 0.3) is 0 Å². The molecule has 0 heterocycles. The molecule has 7 heteroatoms. The van der Waals surface area contributed by atoms with Gasteiger partial charge in [-0.3, -0.25) is 9.05 Å². The number of hydrogen-bond donors (Lipinski definition) is 2. The van der Waals surface area contributed by atoms with Gasteiger partial charge in [-0.1, -0.05) is 13.8 Å². The molecule has 0 aromatic rings. The molecule has 14 heavy (non-hydrogen) atoms. The number of hydrogen-bond acceptors (Lipinski definition) is 5. The van der Waals surface area contributed by atoms with E-state index in [9.17, 15) is 14.5 Å². The molecule has 2 N–H and O–H groups in total. The third kappa shape index (κ3) is 4.30. The molecule has 84 valence electrons. The summed E-state index contributed by atoms with van der Waals surface area (Å²) in [6, 6.07) is 0. The number of phosphoric ester groups is 1. The van der Waals surface area contributed by atoms with E-state index in [0.717, 1.165) is 7.11 Å². The van der Waals surface area contributed by atoms with Gasteiger partial charge in [0.1, 0.15) is 12.4 Å². The van der Waals surface area contributed by atoms with Crippen LogP contribution in [0.15, 0.2) is 0 Å². The first-order valence-corrected chi connectivity index (χ1v) is 5.41. The Balaban J connectivity index is 4.25. The normalized spacial score (nSPS) is 18.6. The topological polar surface area (TPSA) is 93.1 Å². The van der Waals surface area contributed by atoms with Crippen molar-refractivity contribution >= 4 is 14.1 Å². The summed E-state index contributed by atoms with van der Waals surface area (Å²) in [4.78, 5) is 19.2. The van der Waals surface area contributed by atoms with E-state index >= 15 is 0 Å². The van der Waals surface area contributed by atoms with Crippen LogP contribution in [-0.4, -0.2) is 36.1 Å². The van der Waals surface area contributed by atoms with E-state index in [1.54, 1.807) is 0 Å². The average Bonchev–Trinajstić information content (AvgIpc) is 2.14. The Labute approximate surface area is 82.5 Å². The van der Waals surface area contributed by atoms with Gasteiger partial charge in [0, 0.05) is 12.5 Å². The minimum atomic E-state index is -4.05. The summed E-state index contributed by atoms with van der Waals surface area (Å²) in [6.07, 6.45) is -0.905. The van der Waals surface area contributed by atoms with Crippen molar-refractivity contribution in [3.8, 4) is 0 Å². The second kappa shape index (κ2) is 5.00. The standard InChI is InChI=1S/C7H15O6P/c1-7(2,6(9)4-8)5-13-14(10,11)12-3/h4,6,9H,5H2,1-3H3,(H,10,11). The van der Waals surface area contributed by atoms with E-state index in [1.165, 1.54) is 13.8 Å². The summed E-state index contributed by atoms with van der Waals surface area (Å²) in [5.41, 5.74) is -0.932. The lowest BCUT2D eigenvalue weighted by molar-refractivity contribution is -0.121. The highest BCUT2D eigenvalue weighted by atomic mass is 31.2. The van der Waals surface area contributed by atoms with Gasteiger partial charge in [0.2, 0.25) is 0 Å². The summed E-state index contributed by atoms with van der Waals surface area (Å²) < 4.78 is 19.6. The summed E-state index contributed by atoms with van der Waals surface area (Å²) in [7, 11) is -3.02. The molecule has 2 atom stereocenters. The number of aliphatic hydroxyl groups excluding tert-OH is 1. The van der Waals surface area contributed by atoms with Crippen molar-refractivity contribution in [1.29, 1.82) is 0 Å². The molecule has 0 fully saturated rings. The second-order valence-corrected chi connectivity index (χ2v) is 5.05. The van der Waals surface area contributed by atoms with Gasteiger partial charge < -0.3 is 14.8 Å². The molecule has 0 aliphatic heterocycles. The molecule has 0 aromatic carbocycles. The minimum Gasteiger partial charge on any atom is -0.385 e. The van der Waals surface area contributed by atoms with Crippen molar-refractivity contribution in [2.45, 2.75) is 20.0 Å². The summed E-state index contributed by atoms with van der Waals surface area (Å²) in [5, 5.41) is 9.20. The summed E-state index contributed by atoms with van der Waals surface area (Å²) in [5.74, 6) is 0. The van der Waals surface area contributed by atoms with Crippen LogP contribution in [0.4, 0.5) is 0 Å². The number of rotatable bonds is 6. The Hall–Kier alpha value is -0.260. The zero-order valence-electron chi connectivity index (χ0n) is 8.34. The Morgan fingerprint density at radius 1 is 1.57 bits per heavy atom. The van der Waals surface area contributed by atoms with Crippen LogP contribution in [0.2, 0.25) is 0 Å². The highest BCUT2D eigenvalue weighted by molar-refractivity contribution is 7.47. The van der Waals surface area contributed by atoms with Crippen LogP contribution in [0.25, 0.3) is 0 Å². The van der Waals surface area contributed by atoms with Crippen LogP contribution in [0.3, 0.4) is 0 Å². The average molecular weight is 226 g/mol. The molecule has 0 radical (unpaired) electrons. The number of phosphoric acid groups is 1. The molecule has 0 rings (SSSR count). The molecule has 6 nitrogen and oxygen atoms in total. The fourth-order valence-electron chi connectivity index (χ4n) is 0.570. The Kier molecular flexibility index (Phi) is 4.91. The maximum absolute atomic E-state index is 10.9. The van der Waals surface area contributed by atoms with Crippen molar-refractivity contribution in [3.63, 3.8) is 0 Å². The third-order valence-electron chi connectivity index (χ3n) is 1.76. The quantitative estimate of drug-likeness (QED) is 0.501. The Bertz CT molecular complexity index is 238. The van der Waals surface area contributed by atoms with E-state index < -0.39 is 19.3 Å². The maximum Gasteiger partial charge on any atom is 0.471 e. The van der Waals surface area contributed by atoms with Crippen molar-refractivity contribution in [2.24, 2.45) is 5.41 Å². The van der Waals surface area contributed by atoms with Crippen molar-refractivity contribution < 1.29 is 28.4 Å².